The van der Waals surface area contributed by atoms with Crippen LogP contribution in [-0.2, 0) is 19.3 Å². The highest BCUT2D eigenvalue weighted by Gasteiger charge is 2.34. The summed E-state index contributed by atoms with van der Waals surface area (Å²) < 4.78 is 42.4. The van der Waals surface area contributed by atoms with Gasteiger partial charge in [0.2, 0.25) is 0 Å². The average Bonchev–Trinajstić information content (AvgIpc) is 3.25. The van der Waals surface area contributed by atoms with E-state index in [1.165, 1.54) is 18.2 Å². The van der Waals surface area contributed by atoms with Crippen LogP contribution in [0.25, 0.3) is 0 Å². The van der Waals surface area contributed by atoms with Crippen molar-refractivity contribution in [3.05, 3.63) is 89.7 Å². The normalized spacial score (nSPS) is 14.8. The first-order valence-electron chi connectivity index (χ1n) is 11.3. The Balaban J connectivity index is 1.57. The standard InChI is InChI=1S/C26H28F3N3O/c27-26(28,29)23-15-7-8-16-24(23)30-25(33)32(21-12-5-2-6-13-21)19-22-14-9-17-31(22)18-20-10-3-1-4-11-20/h1,3-4,7-11,14-17,21H,2,5-6,12-13,18-19H2,(H,30,33). The van der Waals surface area contributed by atoms with Gasteiger partial charge in [-0.3, -0.25) is 0 Å². The van der Waals surface area contributed by atoms with Gasteiger partial charge < -0.3 is 14.8 Å². The third-order valence-electron chi connectivity index (χ3n) is 6.20. The first-order chi connectivity index (χ1) is 15.9. The van der Waals surface area contributed by atoms with Crippen LogP contribution in [0.4, 0.5) is 23.7 Å². The molecule has 0 atom stereocenters. The van der Waals surface area contributed by atoms with Gasteiger partial charge in [-0.15, -0.1) is 0 Å². The van der Waals surface area contributed by atoms with Crippen molar-refractivity contribution < 1.29 is 18.0 Å². The van der Waals surface area contributed by atoms with Gasteiger partial charge in [0.1, 0.15) is 0 Å². The van der Waals surface area contributed by atoms with Gasteiger partial charge in [0.25, 0.3) is 0 Å². The van der Waals surface area contributed by atoms with E-state index in [4.69, 9.17) is 0 Å². The summed E-state index contributed by atoms with van der Waals surface area (Å²) >= 11 is 0. The zero-order valence-electron chi connectivity index (χ0n) is 18.4. The highest BCUT2D eigenvalue weighted by Crippen LogP contribution is 2.35. The lowest BCUT2D eigenvalue weighted by Gasteiger charge is -2.35. The first kappa shape index (κ1) is 23.0. The Bertz CT molecular complexity index is 1060. The Kier molecular flexibility index (Phi) is 7.06. The number of anilines is 1. The van der Waals surface area contributed by atoms with Gasteiger partial charge in [-0.25, -0.2) is 4.79 Å². The first-order valence-corrected chi connectivity index (χ1v) is 11.3. The molecule has 1 aliphatic carbocycles. The molecule has 0 spiro atoms. The molecule has 1 aromatic heterocycles. The van der Waals surface area contributed by atoms with Gasteiger partial charge in [0, 0.05) is 24.5 Å². The van der Waals surface area contributed by atoms with Crippen molar-refractivity contribution in [2.75, 3.05) is 5.32 Å². The molecule has 3 aromatic rings. The number of nitrogens with zero attached hydrogens (tertiary/aromatic N) is 2. The highest BCUT2D eigenvalue weighted by atomic mass is 19.4. The van der Waals surface area contributed by atoms with E-state index in [1.807, 2.05) is 48.7 Å². The maximum Gasteiger partial charge on any atom is 0.418 e. The van der Waals surface area contributed by atoms with Crippen LogP contribution in [-0.4, -0.2) is 21.5 Å². The summed E-state index contributed by atoms with van der Waals surface area (Å²) in [6.07, 6.45) is 2.29. The molecular formula is C26H28F3N3O. The topological polar surface area (TPSA) is 37.3 Å². The predicted molar refractivity (Wildman–Crippen MR) is 123 cm³/mol. The Morgan fingerprint density at radius 3 is 2.36 bits per heavy atom. The summed E-state index contributed by atoms with van der Waals surface area (Å²) in [5.74, 6) is 0. The van der Waals surface area contributed by atoms with Crippen molar-refractivity contribution in [3.8, 4) is 0 Å². The van der Waals surface area contributed by atoms with Gasteiger partial charge in [0.05, 0.1) is 17.8 Å². The summed E-state index contributed by atoms with van der Waals surface area (Å²) in [6, 6.07) is 18.6. The van der Waals surface area contributed by atoms with Crippen molar-refractivity contribution in [2.24, 2.45) is 0 Å². The molecule has 0 bridgehead atoms. The van der Waals surface area contributed by atoms with E-state index in [9.17, 15) is 18.0 Å². The molecule has 2 aromatic carbocycles. The molecular weight excluding hydrogens is 427 g/mol. The fourth-order valence-electron chi connectivity index (χ4n) is 4.49. The average molecular weight is 456 g/mol. The minimum Gasteiger partial charge on any atom is -0.345 e. The van der Waals surface area contributed by atoms with Crippen molar-refractivity contribution in [3.63, 3.8) is 0 Å². The summed E-state index contributed by atoms with van der Waals surface area (Å²) in [5.41, 5.74) is 1.04. The van der Waals surface area contributed by atoms with E-state index >= 15 is 0 Å². The number of nitrogens with one attached hydrogen (secondary N) is 1. The third-order valence-corrected chi connectivity index (χ3v) is 6.20. The zero-order valence-corrected chi connectivity index (χ0v) is 18.4. The molecule has 0 saturated heterocycles. The second-order valence-corrected chi connectivity index (χ2v) is 8.51. The SMILES string of the molecule is O=C(Nc1ccccc1C(F)(F)F)N(Cc1cccn1Cc1ccccc1)C1CCCCC1. The molecule has 2 amide bonds. The minimum absolute atomic E-state index is 0.00289. The lowest BCUT2D eigenvalue weighted by molar-refractivity contribution is -0.136. The van der Waals surface area contributed by atoms with E-state index in [-0.39, 0.29) is 11.7 Å². The molecule has 33 heavy (non-hydrogen) atoms. The molecule has 1 heterocycles. The van der Waals surface area contributed by atoms with Crippen LogP contribution in [0.1, 0.15) is 48.9 Å². The number of para-hydroxylation sites is 1. The quantitative estimate of drug-likeness (QED) is 0.430. The maximum atomic E-state index is 13.5. The Hall–Kier alpha value is -3.22. The van der Waals surface area contributed by atoms with Crippen molar-refractivity contribution in [1.82, 2.24) is 9.47 Å². The molecule has 4 rings (SSSR count). The Morgan fingerprint density at radius 2 is 1.64 bits per heavy atom. The van der Waals surface area contributed by atoms with Crippen LogP contribution in [0, 0.1) is 0 Å². The van der Waals surface area contributed by atoms with Gasteiger partial charge in [0.15, 0.2) is 0 Å². The molecule has 4 nitrogen and oxygen atoms in total. The third kappa shape index (κ3) is 5.78. The Labute approximate surface area is 192 Å². The van der Waals surface area contributed by atoms with E-state index in [0.717, 1.165) is 49.4 Å². The molecule has 1 saturated carbocycles. The van der Waals surface area contributed by atoms with Gasteiger partial charge in [-0.2, -0.15) is 13.2 Å². The molecule has 0 aliphatic heterocycles. The fourth-order valence-corrected chi connectivity index (χ4v) is 4.49. The van der Waals surface area contributed by atoms with Crippen molar-refractivity contribution in [2.45, 2.75) is 57.4 Å². The van der Waals surface area contributed by atoms with Crippen LogP contribution in [0.3, 0.4) is 0 Å². The summed E-state index contributed by atoms with van der Waals surface area (Å²) in [4.78, 5) is 15.0. The number of amides is 2. The summed E-state index contributed by atoms with van der Waals surface area (Å²) in [7, 11) is 0. The van der Waals surface area contributed by atoms with Crippen LogP contribution >= 0.6 is 0 Å². The number of rotatable bonds is 6. The smallest absolute Gasteiger partial charge is 0.345 e. The highest BCUT2D eigenvalue weighted by molar-refractivity contribution is 5.90. The Morgan fingerprint density at radius 1 is 0.939 bits per heavy atom. The lowest BCUT2D eigenvalue weighted by atomic mass is 9.94. The van der Waals surface area contributed by atoms with E-state index in [2.05, 4.69) is 9.88 Å². The zero-order chi connectivity index (χ0) is 23.3. The molecule has 0 radical (unpaired) electrons. The number of hydrogen-bond donors (Lipinski definition) is 1. The van der Waals surface area contributed by atoms with E-state index in [0.29, 0.717) is 13.1 Å². The maximum absolute atomic E-state index is 13.5. The number of halogens is 3. The number of hydrogen-bond acceptors (Lipinski definition) is 1. The van der Waals surface area contributed by atoms with Gasteiger partial charge >= 0.3 is 12.2 Å². The molecule has 1 fully saturated rings. The number of carbonyl (C=O) groups is 1. The summed E-state index contributed by atoms with van der Waals surface area (Å²) in [5, 5.41) is 2.55. The van der Waals surface area contributed by atoms with Gasteiger partial charge in [-0.05, 0) is 42.7 Å². The molecule has 1 N–H and O–H groups in total. The molecule has 7 heteroatoms. The number of urea groups is 1. The molecule has 0 unspecified atom stereocenters. The van der Waals surface area contributed by atoms with Crippen molar-refractivity contribution in [1.29, 1.82) is 0 Å². The second-order valence-electron chi connectivity index (χ2n) is 8.51. The minimum atomic E-state index is -4.54. The molecule has 1 aliphatic rings. The largest absolute Gasteiger partial charge is 0.418 e. The second kappa shape index (κ2) is 10.1. The van der Waals surface area contributed by atoms with Crippen LogP contribution in [0.5, 0.6) is 0 Å². The van der Waals surface area contributed by atoms with E-state index < -0.39 is 17.8 Å². The lowest BCUT2D eigenvalue weighted by Crippen LogP contribution is -2.44. The van der Waals surface area contributed by atoms with Crippen LogP contribution < -0.4 is 5.32 Å². The number of alkyl halides is 3. The van der Waals surface area contributed by atoms with Gasteiger partial charge in [-0.1, -0.05) is 61.7 Å². The molecule has 174 valence electrons. The number of benzene rings is 2. The van der Waals surface area contributed by atoms with Crippen LogP contribution in [0.15, 0.2) is 72.9 Å². The fraction of sp³-hybridized carbons (Fsp3) is 0.346. The number of carbonyl (C=O) groups excluding carboxylic acids is 1. The van der Waals surface area contributed by atoms with E-state index in [1.54, 1.807) is 4.90 Å². The number of aromatic nitrogens is 1. The summed E-state index contributed by atoms with van der Waals surface area (Å²) in [6.45, 7) is 1.00. The van der Waals surface area contributed by atoms with Crippen molar-refractivity contribution >= 4 is 11.7 Å². The van der Waals surface area contributed by atoms with Crippen LogP contribution in [0.2, 0.25) is 0 Å². The monoisotopic (exact) mass is 455 g/mol. The predicted octanol–water partition coefficient (Wildman–Crippen LogP) is 6.92.